The van der Waals surface area contributed by atoms with Gasteiger partial charge in [-0.15, -0.1) is 0 Å². The Morgan fingerprint density at radius 3 is 2.75 bits per heavy atom. The number of benzene rings is 1. The van der Waals surface area contributed by atoms with E-state index in [0.29, 0.717) is 12.8 Å². The van der Waals surface area contributed by atoms with Crippen molar-refractivity contribution in [2.24, 2.45) is 5.92 Å². The van der Waals surface area contributed by atoms with E-state index in [1.54, 1.807) is 0 Å². The summed E-state index contributed by atoms with van der Waals surface area (Å²) in [4.78, 5) is 23.4. The van der Waals surface area contributed by atoms with Gasteiger partial charge in [0.25, 0.3) is 0 Å². The number of hydrogen-bond acceptors (Lipinski definition) is 3. The average molecular weight is 272 g/mol. The molecule has 0 amide bonds. The quantitative estimate of drug-likeness (QED) is 0.624. The van der Waals surface area contributed by atoms with Crippen LogP contribution in [0.4, 0.5) is 0 Å². The summed E-state index contributed by atoms with van der Waals surface area (Å²) >= 11 is 0. The summed E-state index contributed by atoms with van der Waals surface area (Å²) in [6, 6.07) is 10.1. The molecule has 0 N–H and O–H groups in total. The Morgan fingerprint density at radius 1 is 1.40 bits per heavy atom. The predicted octanol–water partition coefficient (Wildman–Crippen LogP) is 3.26. The van der Waals surface area contributed by atoms with Crippen molar-refractivity contribution in [3.8, 4) is 0 Å². The summed E-state index contributed by atoms with van der Waals surface area (Å²) < 4.78 is 4.71. The van der Waals surface area contributed by atoms with E-state index in [1.165, 1.54) is 12.7 Å². The second-order valence-electron chi connectivity index (χ2n) is 5.26. The number of hydrogen-bond donors (Lipinski definition) is 0. The molecule has 0 heterocycles. The molecule has 0 radical (unpaired) electrons. The summed E-state index contributed by atoms with van der Waals surface area (Å²) in [6.07, 6.45) is 3.60. The van der Waals surface area contributed by atoms with Gasteiger partial charge < -0.3 is 4.74 Å². The van der Waals surface area contributed by atoms with E-state index in [1.807, 2.05) is 24.3 Å². The summed E-state index contributed by atoms with van der Waals surface area (Å²) in [7, 11) is 1.38. The molecule has 1 fully saturated rings. The normalized spacial score (nSPS) is 22.0. The van der Waals surface area contributed by atoms with Crippen LogP contribution in [0.5, 0.6) is 0 Å². The third-order valence-corrected chi connectivity index (χ3v) is 3.88. The van der Waals surface area contributed by atoms with E-state index >= 15 is 0 Å². The van der Waals surface area contributed by atoms with Gasteiger partial charge in [-0.05, 0) is 29.4 Å². The fourth-order valence-electron chi connectivity index (χ4n) is 2.68. The minimum absolute atomic E-state index is 0.0149. The predicted molar refractivity (Wildman–Crippen MR) is 77.3 cm³/mol. The number of methoxy groups -OCH3 is 1. The van der Waals surface area contributed by atoms with Gasteiger partial charge in [0.2, 0.25) is 0 Å². The van der Waals surface area contributed by atoms with Crippen LogP contribution >= 0.6 is 0 Å². The molecule has 3 heteroatoms. The molecule has 1 saturated carbocycles. The number of rotatable bonds is 4. The number of carbonyl (C=O) groups excluding carboxylic acids is 2. The Labute approximate surface area is 119 Å². The Morgan fingerprint density at radius 2 is 2.10 bits per heavy atom. The molecule has 2 rings (SSSR count). The lowest BCUT2D eigenvalue weighted by Gasteiger charge is -2.13. The lowest BCUT2D eigenvalue weighted by Crippen LogP contribution is -2.11. The SMILES string of the molecule is COC(=O)CC1CCC(=O)C1=CC(C)c1ccccc1. The van der Waals surface area contributed by atoms with Crippen LogP contribution in [0.2, 0.25) is 0 Å². The van der Waals surface area contributed by atoms with Crippen LogP contribution in [-0.2, 0) is 14.3 Å². The van der Waals surface area contributed by atoms with E-state index in [-0.39, 0.29) is 23.6 Å². The van der Waals surface area contributed by atoms with E-state index in [2.05, 4.69) is 19.1 Å². The van der Waals surface area contributed by atoms with Gasteiger partial charge in [0.05, 0.1) is 13.5 Å². The summed E-state index contributed by atoms with van der Waals surface area (Å²) in [5, 5.41) is 0. The van der Waals surface area contributed by atoms with Gasteiger partial charge in [-0.25, -0.2) is 0 Å². The molecule has 1 aromatic carbocycles. The first-order valence-corrected chi connectivity index (χ1v) is 6.98. The molecular weight excluding hydrogens is 252 g/mol. The van der Waals surface area contributed by atoms with Gasteiger partial charge in [0, 0.05) is 6.42 Å². The number of ether oxygens (including phenoxy) is 1. The highest BCUT2D eigenvalue weighted by Gasteiger charge is 2.30. The van der Waals surface area contributed by atoms with Gasteiger partial charge in [-0.2, -0.15) is 0 Å². The van der Waals surface area contributed by atoms with Gasteiger partial charge in [-0.1, -0.05) is 43.3 Å². The number of esters is 1. The van der Waals surface area contributed by atoms with Crippen molar-refractivity contribution in [2.75, 3.05) is 7.11 Å². The zero-order chi connectivity index (χ0) is 14.5. The van der Waals surface area contributed by atoms with Crippen LogP contribution in [0.25, 0.3) is 0 Å². The molecule has 0 aromatic heterocycles. The monoisotopic (exact) mass is 272 g/mol. The molecule has 20 heavy (non-hydrogen) atoms. The van der Waals surface area contributed by atoms with Crippen molar-refractivity contribution in [3.63, 3.8) is 0 Å². The number of ketones is 1. The first-order valence-electron chi connectivity index (χ1n) is 6.98. The Balaban J connectivity index is 2.17. The Kier molecular flexibility index (Phi) is 4.72. The summed E-state index contributed by atoms with van der Waals surface area (Å²) in [6.45, 7) is 2.07. The second-order valence-corrected chi connectivity index (χ2v) is 5.26. The van der Waals surface area contributed by atoms with Crippen molar-refractivity contribution in [2.45, 2.75) is 32.1 Å². The van der Waals surface area contributed by atoms with Crippen molar-refractivity contribution in [1.82, 2.24) is 0 Å². The second kappa shape index (κ2) is 6.51. The van der Waals surface area contributed by atoms with Crippen LogP contribution < -0.4 is 0 Å². The molecule has 2 unspecified atom stereocenters. The minimum Gasteiger partial charge on any atom is -0.469 e. The molecule has 1 aromatic rings. The zero-order valence-corrected chi connectivity index (χ0v) is 12.0. The molecule has 3 nitrogen and oxygen atoms in total. The maximum Gasteiger partial charge on any atom is 0.306 e. The van der Waals surface area contributed by atoms with Crippen molar-refractivity contribution in [1.29, 1.82) is 0 Å². The van der Waals surface area contributed by atoms with E-state index < -0.39 is 0 Å². The molecule has 2 atom stereocenters. The largest absolute Gasteiger partial charge is 0.469 e. The maximum atomic E-state index is 12.0. The molecule has 0 saturated heterocycles. The number of Topliss-reactive ketones (excluding diaryl/α,β-unsaturated/α-hetero) is 1. The first-order chi connectivity index (χ1) is 9.61. The molecule has 106 valence electrons. The molecule has 1 aliphatic rings. The highest BCUT2D eigenvalue weighted by Crippen LogP contribution is 2.33. The van der Waals surface area contributed by atoms with Crippen LogP contribution in [0, 0.1) is 5.92 Å². The lowest BCUT2D eigenvalue weighted by molar-refractivity contribution is -0.141. The van der Waals surface area contributed by atoms with E-state index in [9.17, 15) is 9.59 Å². The summed E-state index contributed by atoms with van der Waals surface area (Å²) in [5.74, 6) is 0.110. The molecular formula is C17H20O3. The fourth-order valence-corrected chi connectivity index (χ4v) is 2.68. The van der Waals surface area contributed by atoms with Gasteiger partial charge in [0.1, 0.15) is 0 Å². The standard InChI is InChI=1S/C17H20O3/c1-12(13-6-4-3-5-7-13)10-15-14(8-9-16(15)18)11-17(19)20-2/h3-7,10,12,14H,8-9,11H2,1-2H3. The Bertz CT molecular complexity index is 516. The smallest absolute Gasteiger partial charge is 0.306 e. The maximum absolute atomic E-state index is 12.0. The number of carbonyl (C=O) groups is 2. The molecule has 0 spiro atoms. The Hall–Kier alpha value is -1.90. The average Bonchev–Trinajstić information content (AvgIpc) is 2.81. The van der Waals surface area contributed by atoms with Crippen LogP contribution in [0.3, 0.4) is 0 Å². The van der Waals surface area contributed by atoms with Crippen LogP contribution in [-0.4, -0.2) is 18.9 Å². The van der Waals surface area contributed by atoms with E-state index in [0.717, 1.165) is 12.0 Å². The topological polar surface area (TPSA) is 43.4 Å². The fraction of sp³-hybridized carbons (Fsp3) is 0.412. The van der Waals surface area contributed by atoms with Gasteiger partial charge in [-0.3, -0.25) is 9.59 Å². The highest BCUT2D eigenvalue weighted by molar-refractivity contribution is 5.98. The third-order valence-electron chi connectivity index (χ3n) is 3.88. The van der Waals surface area contributed by atoms with Gasteiger partial charge >= 0.3 is 5.97 Å². The van der Waals surface area contributed by atoms with Crippen LogP contribution in [0.1, 0.15) is 37.7 Å². The number of allylic oxidation sites excluding steroid dienone is 2. The van der Waals surface area contributed by atoms with Crippen molar-refractivity contribution < 1.29 is 14.3 Å². The lowest BCUT2D eigenvalue weighted by atomic mass is 9.92. The van der Waals surface area contributed by atoms with Crippen LogP contribution in [0.15, 0.2) is 42.0 Å². The molecule has 1 aliphatic carbocycles. The zero-order valence-electron chi connectivity index (χ0n) is 12.0. The van der Waals surface area contributed by atoms with Gasteiger partial charge in [0.15, 0.2) is 5.78 Å². The minimum atomic E-state index is -0.247. The highest BCUT2D eigenvalue weighted by atomic mass is 16.5. The molecule has 0 bridgehead atoms. The third kappa shape index (κ3) is 3.35. The van der Waals surface area contributed by atoms with Crippen molar-refractivity contribution >= 4 is 11.8 Å². The first kappa shape index (κ1) is 14.5. The van der Waals surface area contributed by atoms with Crippen molar-refractivity contribution in [3.05, 3.63) is 47.5 Å². The summed E-state index contributed by atoms with van der Waals surface area (Å²) in [5.41, 5.74) is 1.98. The van der Waals surface area contributed by atoms with E-state index in [4.69, 9.17) is 4.74 Å². The molecule has 0 aliphatic heterocycles.